The Morgan fingerprint density at radius 1 is 1.39 bits per heavy atom. The van der Waals surface area contributed by atoms with Crippen molar-refractivity contribution in [1.29, 1.82) is 0 Å². The van der Waals surface area contributed by atoms with Gasteiger partial charge in [-0.2, -0.15) is 0 Å². The van der Waals surface area contributed by atoms with E-state index in [0.29, 0.717) is 6.42 Å². The molecule has 3 nitrogen and oxygen atoms in total. The predicted octanol–water partition coefficient (Wildman–Crippen LogP) is 2.19. The van der Waals surface area contributed by atoms with E-state index < -0.39 is 0 Å². The van der Waals surface area contributed by atoms with Crippen molar-refractivity contribution >= 4 is 5.78 Å². The van der Waals surface area contributed by atoms with Gasteiger partial charge in [0.05, 0.1) is 6.04 Å². The summed E-state index contributed by atoms with van der Waals surface area (Å²) in [6.45, 7) is 6.77. The number of rotatable bonds is 6. The average Bonchev–Trinajstić information content (AvgIpc) is 2.37. The van der Waals surface area contributed by atoms with Crippen molar-refractivity contribution in [3.8, 4) is 0 Å². The van der Waals surface area contributed by atoms with Gasteiger partial charge in [-0.1, -0.05) is 17.7 Å². The third-order valence-corrected chi connectivity index (χ3v) is 3.37. The second-order valence-corrected chi connectivity index (χ2v) is 4.92. The fourth-order valence-electron chi connectivity index (χ4n) is 1.94. The van der Waals surface area contributed by atoms with Gasteiger partial charge in [0.25, 0.3) is 0 Å². The number of hydrogen-bond donors (Lipinski definition) is 1. The van der Waals surface area contributed by atoms with Crippen LogP contribution in [0.4, 0.5) is 0 Å². The zero-order valence-electron chi connectivity index (χ0n) is 11.7. The first-order valence-corrected chi connectivity index (χ1v) is 6.40. The van der Waals surface area contributed by atoms with Crippen LogP contribution in [0.5, 0.6) is 0 Å². The molecule has 0 aliphatic carbocycles. The van der Waals surface area contributed by atoms with Gasteiger partial charge in [-0.05, 0) is 45.9 Å². The molecule has 18 heavy (non-hydrogen) atoms. The van der Waals surface area contributed by atoms with Crippen LogP contribution in [0.15, 0.2) is 18.2 Å². The van der Waals surface area contributed by atoms with Crippen LogP contribution in [-0.2, 0) is 0 Å². The van der Waals surface area contributed by atoms with Gasteiger partial charge in [0.1, 0.15) is 0 Å². The first-order valence-electron chi connectivity index (χ1n) is 6.40. The third-order valence-electron chi connectivity index (χ3n) is 3.37. The number of benzene rings is 1. The van der Waals surface area contributed by atoms with Gasteiger partial charge < -0.3 is 5.11 Å². The number of ketones is 1. The highest BCUT2D eigenvalue weighted by atomic mass is 16.3. The van der Waals surface area contributed by atoms with Crippen molar-refractivity contribution in [2.75, 3.05) is 20.2 Å². The normalized spacial score (nSPS) is 12.8. The molecule has 3 heteroatoms. The molecule has 0 aromatic heterocycles. The topological polar surface area (TPSA) is 40.5 Å². The Hall–Kier alpha value is -1.19. The van der Waals surface area contributed by atoms with Crippen molar-refractivity contribution < 1.29 is 9.90 Å². The molecule has 0 heterocycles. The summed E-state index contributed by atoms with van der Waals surface area (Å²) in [5, 5.41) is 8.82. The maximum absolute atomic E-state index is 12.4. The minimum atomic E-state index is -0.156. The lowest BCUT2D eigenvalue weighted by atomic mass is 9.97. The number of aliphatic hydroxyl groups excluding tert-OH is 1. The van der Waals surface area contributed by atoms with Gasteiger partial charge in [-0.15, -0.1) is 0 Å². The number of carbonyl (C=O) groups is 1. The summed E-state index contributed by atoms with van der Waals surface area (Å²) in [7, 11) is 1.92. The molecule has 0 amide bonds. The Balaban J connectivity index is 2.82. The van der Waals surface area contributed by atoms with Gasteiger partial charge in [0.2, 0.25) is 0 Å². The largest absolute Gasteiger partial charge is 0.396 e. The lowest BCUT2D eigenvalue weighted by Crippen LogP contribution is -2.37. The Labute approximate surface area is 109 Å². The molecule has 0 saturated heterocycles. The van der Waals surface area contributed by atoms with E-state index in [9.17, 15) is 4.79 Å². The van der Waals surface area contributed by atoms with Crippen molar-refractivity contribution in [3.63, 3.8) is 0 Å². The number of aryl methyl sites for hydroxylation is 2. The highest BCUT2D eigenvalue weighted by Crippen LogP contribution is 2.15. The van der Waals surface area contributed by atoms with Crippen LogP contribution in [0.1, 0.15) is 34.8 Å². The molecule has 0 aliphatic heterocycles. The van der Waals surface area contributed by atoms with Crippen molar-refractivity contribution in [2.45, 2.75) is 33.2 Å². The Kier molecular flexibility index (Phi) is 5.51. The lowest BCUT2D eigenvalue weighted by Gasteiger charge is -2.24. The molecular weight excluding hydrogens is 226 g/mol. The summed E-state index contributed by atoms with van der Waals surface area (Å²) < 4.78 is 0. The van der Waals surface area contributed by atoms with Crippen molar-refractivity contribution in [1.82, 2.24) is 4.90 Å². The first kappa shape index (κ1) is 14.9. The van der Waals surface area contributed by atoms with E-state index in [1.54, 1.807) is 0 Å². The van der Waals surface area contributed by atoms with E-state index in [1.807, 2.05) is 50.9 Å². The van der Waals surface area contributed by atoms with Crippen molar-refractivity contribution in [3.05, 3.63) is 34.9 Å². The quantitative estimate of drug-likeness (QED) is 0.786. The van der Waals surface area contributed by atoms with Crippen LogP contribution in [0, 0.1) is 13.8 Å². The average molecular weight is 249 g/mol. The molecule has 0 radical (unpaired) electrons. The van der Waals surface area contributed by atoms with Gasteiger partial charge in [0.15, 0.2) is 5.78 Å². The zero-order chi connectivity index (χ0) is 13.7. The minimum Gasteiger partial charge on any atom is -0.396 e. The number of hydrogen-bond acceptors (Lipinski definition) is 3. The Morgan fingerprint density at radius 3 is 2.67 bits per heavy atom. The highest BCUT2D eigenvalue weighted by Gasteiger charge is 2.20. The molecule has 0 aliphatic rings. The minimum absolute atomic E-state index is 0.150. The monoisotopic (exact) mass is 249 g/mol. The second-order valence-electron chi connectivity index (χ2n) is 4.92. The molecule has 0 spiro atoms. The molecule has 1 N–H and O–H groups in total. The lowest BCUT2D eigenvalue weighted by molar-refractivity contribution is 0.0860. The zero-order valence-corrected chi connectivity index (χ0v) is 11.7. The Morgan fingerprint density at radius 2 is 2.06 bits per heavy atom. The SMILES string of the molecule is Cc1ccc(C)c(C(=O)C(C)N(C)CCCO)c1. The van der Waals surface area contributed by atoms with Crippen molar-refractivity contribution in [2.24, 2.45) is 0 Å². The maximum Gasteiger partial charge on any atom is 0.179 e. The third kappa shape index (κ3) is 3.65. The molecule has 0 fully saturated rings. The first-order chi connectivity index (χ1) is 8.47. The van der Waals surface area contributed by atoms with Gasteiger partial charge in [0, 0.05) is 18.7 Å². The molecule has 1 rings (SSSR count). The summed E-state index contributed by atoms with van der Waals surface area (Å²) >= 11 is 0. The van der Waals surface area contributed by atoms with Gasteiger partial charge >= 0.3 is 0 Å². The number of carbonyl (C=O) groups excluding carboxylic acids is 1. The summed E-state index contributed by atoms with van der Waals surface area (Å²) in [5.41, 5.74) is 2.93. The van der Waals surface area contributed by atoms with E-state index in [-0.39, 0.29) is 18.4 Å². The van der Waals surface area contributed by atoms with Crippen LogP contribution in [0.25, 0.3) is 0 Å². The van der Waals surface area contributed by atoms with Crippen LogP contribution in [0.2, 0.25) is 0 Å². The number of aliphatic hydroxyl groups is 1. The van der Waals surface area contributed by atoms with Crippen LogP contribution < -0.4 is 0 Å². The van der Waals surface area contributed by atoms with Crippen LogP contribution >= 0.6 is 0 Å². The standard InChI is InChI=1S/C15H23NO2/c1-11-6-7-12(2)14(10-11)15(18)13(3)16(4)8-5-9-17/h6-7,10,13,17H,5,8-9H2,1-4H3. The van der Waals surface area contributed by atoms with E-state index in [4.69, 9.17) is 5.11 Å². The summed E-state index contributed by atoms with van der Waals surface area (Å²) in [5.74, 6) is 0.150. The molecule has 0 saturated carbocycles. The number of nitrogens with zero attached hydrogens (tertiary/aromatic N) is 1. The Bertz CT molecular complexity index is 415. The smallest absolute Gasteiger partial charge is 0.179 e. The van der Waals surface area contributed by atoms with E-state index in [0.717, 1.165) is 23.2 Å². The highest BCUT2D eigenvalue weighted by molar-refractivity contribution is 6.01. The fourth-order valence-corrected chi connectivity index (χ4v) is 1.94. The number of Topliss-reactive ketones (excluding diaryl/α,β-unsaturated/α-hetero) is 1. The molecular formula is C15H23NO2. The van der Waals surface area contributed by atoms with Crippen LogP contribution in [0.3, 0.4) is 0 Å². The molecule has 1 atom stereocenters. The van der Waals surface area contributed by atoms with E-state index in [1.165, 1.54) is 0 Å². The van der Waals surface area contributed by atoms with Gasteiger partial charge in [-0.3, -0.25) is 9.69 Å². The molecule has 1 aromatic rings. The van der Waals surface area contributed by atoms with E-state index >= 15 is 0 Å². The molecule has 1 aromatic carbocycles. The molecule has 1 unspecified atom stereocenters. The predicted molar refractivity (Wildman–Crippen MR) is 74.0 cm³/mol. The maximum atomic E-state index is 12.4. The van der Waals surface area contributed by atoms with E-state index in [2.05, 4.69) is 0 Å². The number of likely N-dealkylation sites (N-methyl/N-ethyl adjacent to an activating group) is 1. The fraction of sp³-hybridized carbons (Fsp3) is 0.533. The summed E-state index contributed by atoms with van der Waals surface area (Å²) in [4.78, 5) is 14.4. The summed E-state index contributed by atoms with van der Waals surface area (Å²) in [6.07, 6.45) is 0.695. The molecule has 100 valence electrons. The molecule has 0 bridgehead atoms. The van der Waals surface area contributed by atoms with Gasteiger partial charge in [-0.25, -0.2) is 0 Å². The summed E-state index contributed by atoms with van der Waals surface area (Å²) in [6, 6.07) is 5.81. The second kappa shape index (κ2) is 6.66. The van der Waals surface area contributed by atoms with Crippen LogP contribution in [-0.4, -0.2) is 42.0 Å².